The van der Waals surface area contributed by atoms with Crippen LogP contribution in [-0.2, 0) is 4.79 Å². The Balaban J connectivity index is 1.72. The van der Waals surface area contributed by atoms with E-state index in [9.17, 15) is 9.90 Å². The Morgan fingerprint density at radius 3 is 2.71 bits per heavy atom. The quantitative estimate of drug-likeness (QED) is 0.286. The van der Waals surface area contributed by atoms with E-state index in [0.29, 0.717) is 40.4 Å². The van der Waals surface area contributed by atoms with Crippen molar-refractivity contribution in [2.24, 2.45) is 0 Å². The van der Waals surface area contributed by atoms with E-state index in [4.69, 9.17) is 9.84 Å². The molecule has 34 heavy (non-hydrogen) atoms. The molecule has 1 atom stereocenters. The van der Waals surface area contributed by atoms with Crippen molar-refractivity contribution in [3.05, 3.63) is 65.4 Å². The van der Waals surface area contributed by atoms with Crippen molar-refractivity contribution < 1.29 is 14.6 Å². The van der Waals surface area contributed by atoms with Gasteiger partial charge in [-0.3, -0.25) is 4.79 Å². The van der Waals surface area contributed by atoms with Crippen LogP contribution >= 0.6 is 11.8 Å². The van der Waals surface area contributed by atoms with Crippen molar-refractivity contribution >= 4 is 29.3 Å². The van der Waals surface area contributed by atoms with E-state index in [1.165, 1.54) is 0 Å². The number of benzene rings is 2. The monoisotopic (exact) mass is 479 g/mol. The first-order valence-electron chi connectivity index (χ1n) is 11.4. The molecule has 2 heterocycles. The lowest BCUT2D eigenvalue weighted by Gasteiger charge is -2.28. The average Bonchev–Trinajstić information content (AvgIpc) is 3.22. The highest BCUT2D eigenvalue weighted by atomic mass is 32.2. The zero-order valence-corrected chi connectivity index (χ0v) is 20.4. The van der Waals surface area contributed by atoms with Gasteiger partial charge in [0.25, 0.3) is 5.91 Å². The minimum atomic E-state index is -0.510. The number of phenols is 1. The summed E-state index contributed by atoms with van der Waals surface area (Å²) in [6.07, 6.45) is 2.18. The third-order valence-electron chi connectivity index (χ3n) is 5.45. The number of thioether (sulfide) groups is 1. The molecule has 0 fully saturated rings. The van der Waals surface area contributed by atoms with E-state index in [2.05, 4.69) is 22.5 Å². The number of fused-ring (bicyclic) bond motifs is 1. The van der Waals surface area contributed by atoms with Crippen molar-refractivity contribution in [1.29, 1.82) is 0 Å². The fourth-order valence-corrected chi connectivity index (χ4v) is 4.71. The second-order valence-corrected chi connectivity index (χ2v) is 8.97. The summed E-state index contributed by atoms with van der Waals surface area (Å²) in [4.78, 5) is 18.3. The van der Waals surface area contributed by atoms with Gasteiger partial charge in [0.05, 0.1) is 17.9 Å². The molecule has 2 aromatic carbocycles. The standard InChI is InChI=1S/C25H29N5O3S/c1-4-6-15-34-25-28-24-26-16(3)21(22(30(24)29-25)17-11-13-18(31)14-12-17)23(32)27-19-9-7-8-10-20(19)33-5-2/h7-14,22,31H,4-6,15H2,1-3H3,(H,27,32)(H,26,28,29). The normalized spacial score (nSPS) is 15.0. The summed E-state index contributed by atoms with van der Waals surface area (Å²) in [6, 6.07) is 13.7. The number of carbonyl (C=O) groups is 1. The highest BCUT2D eigenvalue weighted by Gasteiger charge is 2.34. The van der Waals surface area contributed by atoms with Crippen LogP contribution in [0.1, 0.15) is 45.2 Å². The Bertz CT molecular complexity index is 1190. The number of para-hydroxylation sites is 2. The number of rotatable bonds is 9. The molecule has 1 aromatic heterocycles. The van der Waals surface area contributed by atoms with Crippen LogP contribution < -0.4 is 15.4 Å². The summed E-state index contributed by atoms with van der Waals surface area (Å²) < 4.78 is 7.43. The van der Waals surface area contributed by atoms with Crippen LogP contribution in [-0.4, -0.2) is 38.1 Å². The van der Waals surface area contributed by atoms with E-state index in [1.807, 2.05) is 38.1 Å². The number of phenolic OH excluding ortho intramolecular Hbond substituents is 1. The molecular formula is C25H29N5O3S. The van der Waals surface area contributed by atoms with Crippen molar-refractivity contribution in [1.82, 2.24) is 14.8 Å². The Morgan fingerprint density at radius 2 is 1.97 bits per heavy atom. The molecule has 0 bridgehead atoms. The zero-order valence-electron chi connectivity index (χ0n) is 19.5. The van der Waals surface area contributed by atoms with Gasteiger partial charge in [0.1, 0.15) is 17.5 Å². The summed E-state index contributed by atoms with van der Waals surface area (Å²) in [6.45, 7) is 6.40. The number of ether oxygens (including phenoxy) is 1. The van der Waals surface area contributed by atoms with Gasteiger partial charge in [-0.2, -0.15) is 4.98 Å². The maximum absolute atomic E-state index is 13.6. The number of nitrogens with one attached hydrogen (secondary N) is 2. The Labute approximate surface area is 203 Å². The number of aromatic nitrogens is 3. The van der Waals surface area contributed by atoms with Gasteiger partial charge in [-0.1, -0.05) is 49.4 Å². The second kappa shape index (κ2) is 10.6. The predicted molar refractivity (Wildman–Crippen MR) is 134 cm³/mol. The van der Waals surface area contributed by atoms with E-state index >= 15 is 0 Å². The Kier molecular flexibility index (Phi) is 7.42. The Hall–Kier alpha value is -3.46. The third-order valence-corrected chi connectivity index (χ3v) is 6.37. The van der Waals surface area contributed by atoms with Crippen LogP contribution in [0.2, 0.25) is 0 Å². The van der Waals surface area contributed by atoms with Gasteiger partial charge in [-0.15, -0.1) is 5.10 Å². The molecule has 0 spiro atoms. The average molecular weight is 480 g/mol. The number of carbonyl (C=O) groups excluding carboxylic acids is 1. The van der Waals surface area contributed by atoms with Crippen LogP contribution in [0.5, 0.6) is 11.5 Å². The molecule has 0 saturated heterocycles. The smallest absolute Gasteiger partial charge is 0.255 e. The number of unbranched alkanes of at least 4 members (excludes halogenated alkanes) is 1. The third kappa shape index (κ3) is 5.04. The summed E-state index contributed by atoms with van der Waals surface area (Å²) in [7, 11) is 0. The number of anilines is 2. The summed E-state index contributed by atoms with van der Waals surface area (Å²) in [5.41, 5.74) is 2.62. The van der Waals surface area contributed by atoms with E-state index in [-0.39, 0.29) is 11.7 Å². The van der Waals surface area contributed by atoms with Gasteiger partial charge >= 0.3 is 0 Å². The zero-order chi connectivity index (χ0) is 24.1. The first kappa shape index (κ1) is 23.7. The minimum absolute atomic E-state index is 0.157. The van der Waals surface area contributed by atoms with Crippen molar-refractivity contribution in [3.8, 4) is 11.5 Å². The predicted octanol–water partition coefficient (Wildman–Crippen LogP) is 5.20. The molecule has 0 radical (unpaired) electrons. The van der Waals surface area contributed by atoms with Gasteiger partial charge in [0.2, 0.25) is 11.1 Å². The van der Waals surface area contributed by atoms with Crippen molar-refractivity contribution in [3.63, 3.8) is 0 Å². The molecule has 1 unspecified atom stereocenters. The van der Waals surface area contributed by atoms with Crippen molar-refractivity contribution in [2.75, 3.05) is 23.0 Å². The van der Waals surface area contributed by atoms with Crippen molar-refractivity contribution in [2.45, 2.75) is 44.8 Å². The maximum Gasteiger partial charge on any atom is 0.255 e. The number of aromatic hydroxyl groups is 1. The van der Waals surface area contributed by atoms with Gasteiger partial charge in [-0.05, 0) is 50.1 Å². The Morgan fingerprint density at radius 1 is 1.21 bits per heavy atom. The molecule has 1 aliphatic heterocycles. The summed E-state index contributed by atoms with van der Waals surface area (Å²) in [5.74, 6) is 2.01. The molecule has 1 aliphatic rings. The fourth-order valence-electron chi connectivity index (χ4n) is 3.80. The van der Waals surface area contributed by atoms with Crippen LogP contribution in [0.4, 0.5) is 11.6 Å². The molecule has 8 nitrogen and oxygen atoms in total. The molecule has 3 aromatic rings. The number of amides is 1. The number of nitrogens with zero attached hydrogens (tertiary/aromatic N) is 3. The number of hydrogen-bond donors (Lipinski definition) is 3. The molecule has 0 aliphatic carbocycles. The lowest BCUT2D eigenvalue weighted by Crippen LogP contribution is -2.31. The highest BCUT2D eigenvalue weighted by Crippen LogP contribution is 2.37. The number of hydrogen-bond acceptors (Lipinski definition) is 7. The molecular weight excluding hydrogens is 450 g/mol. The van der Waals surface area contributed by atoms with Gasteiger partial charge in [0.15, 0.2) is 0 Å². The molecule has 3 N–H and O–H groups in total. The van der Waals surface area contributed by atoms with Gasteiger partial charge in [-0.25, -0.2) is 4.68 Å². The first-order chi connectivity index (χ1) is 16.5. The van der Waals surface area contributed by atoms with Gasteiger partial charge in [0, 0.05) is 11.4 Å². The summed E-state index contributed by atoms with van der Waals surface area (Å²) >= 11 is 1.60. The van der Waals surface area contributed by atoms with Crippen LogP contribution in [0, 0.1) is 0 Å². The molecule has 4 rings (SSSR count). The van der Waals surface area contributed by atoms with Crippen LogP contribution in [0.25, 0.3) is 0 Å². The lowest BCUT2D eigenvalue weighted by atomic mass is 9.95. The lowest BCUT2D eigenvalue weighted by molar-refractivity contribution is -0.113. The summed E-state index contributed by atoms with van der Waals surface area (Å²) in [5, 5.41) is 21.5. The van der Waals surface area contributed by atoms with E-state index in [1.54, 1.807) is 40.7 Å². The fraction of sp³-hybridized carbons (Fsp3) is 0.320. The first-order valence-corrected chi connectivity index (χ1v) is 12.4. The molecule has 0 saturated carbocycles. The highest BCUT2D eigenvalue weighted by molar-refractivity contribution is 7.99. The second-order valence-electron chi connectivity index (χ2n) is 7.91. The molecule has 178 valence electrons. The van der Waals surface area contributed by atoms with E-state index < -0.39 is 6.04 Å². The molecule has 9 heteroatoms. The SMILES string of the molecule is CCCCSc1nc2n(n1)C(c1ccc(O)cc1)C(C(=O)Nc1ccccc1OCC)=C(C)N2. The number of allylic oxidation sites excluding steroid dienone is 1. The van der Waals surface area contributed by atoms with Gasteiger partial charge < -0.3 is 20.5 Å². The minimum Gasteiger partial charge on any atom is -0.508 e. The largest absolute Gasteiger partial charge is 0.508 e. The topological polar surface area (TPSA) is 101 Å². The van der Waals surface area contributed by atoms with Crippen LogP contribution in [0.3, 0.4) is 0 Å². The molecule has 1 amide bonds. The maximum atomic E-state index is 13.6. The van der Waals surface area contributed by atoms with E-state index in [0.717, 1.165) is 24.2 Å². The van der Waals surface area contributed by atoms with Crippen LogP contribution in [0.15, 0.2) is 65.0 Å².